The second-order valence-corrected chi connectivity index (χ2v) is 6.98. The summed E-state index contributed by atoms with van der Waals surface area (Å²) in [6, 6.07) is 7.46. The fourth-order valence-corrected chi connectivity index (χ4v) is 3.69. The maximum absolute atomic E-state index is 12.4. The minimum absolute atomic E-state index is 0.110. The topological polar surface area (TPSA) is 38.3 Å². The molecule has 0 heterocycles. The van der Waals surface area contributed by atoms with Crippen LogP contribution in [-0.2, 0) is 9.53 Å². The first-order valence-electron chi connectivity index (χ1n) is 6.91. The SMILES string of the molecule is COC(=O)C1(Nc2cccc(Cl)c2)CC(C)(C)CC1C. The van der Waals surface area contributed by atoms with Crippen LogP contribution in [0.1, 0.15) is 33.6 Å². The number of ether oxygens (including phenoxy) is 1. The van der Waals surface area contributed by atoms with Crippen molar-refractivity contribution in [2.45, 2.75) is 39.2 Å². The van der Waals surface area contributed by atoms with Gasteiger partial charge in [0.1, 0.15) is 5.54 Å². The Balaban J connectivity index is 2.36. The molecule has 0 saturated heterocycles. The zero-order valence-electron chi connectivity index (χ0n) is 12.5. The third-order valence-corrected chi connectivity index (χ3v) is 4.43. The van der Waals surface area contributed by atoms with Crippen molar-refractivity contribution in [3.05, 3.63) is 29.3 Å². The molecule has 2 rings (SSSR count). The molecule has 1 N–H and O–H groups in total. The highest BCUT2D eigenvalue weighted by Gasteiger charge is 2.54. The van der Waals surface area contributed by atoms with Gasteiger partial charge in [-0.2, -0.15) is 0 Å². The predicted molar refractivity (Wildman–Crippen MR) is 82.0 cm³/mol. The molecule has 1 aliphatic rings. The molecule has 4 heteroatoms. The number of halogens is 1. The van der Waals surface area contributed by atoms with Crippen LogP contribution in [0.2, 0.25) is 5.02 Å². The van der Waals surface area contributed by atoms with Crippen LogP contribution in [0, 0.1) is 11.3 Å². The summed E-state index contributed by atoms with van der Waals surface area (Å²) < 4.78 is 5.07. The monoisotopic (exact) mass is 295 g/mol. The van der Waals surface area contributed by atoms with Gasteiger partial charge in [0.05, 0.1) is 7.11 Å². The van der Waals surface area contributed by atoms with Gasteiger partial charge in [-0.1, -0.05) is 38.4 Å². The van der Waals surface area contributed by atoms with E-state index in [1.54, 1.807) is 0 Å². The summed E-state index contributed by atoms with van der Waals surface area (Å²) in [7, 11) is 1.45. The van der Waals surface area contributed by atoms with Gasteiger partial charge >= 0.3 is 5.97 Å². The van der Waals surface area contributed by atoms with Crippen molar-refractivity contribution in [3.8, 4) is 0 Å². The largest absolute Gasteiger partial charge is 0.467 e. The second kappa shape index (κ2) is 5.28. The fraction of sp³-hybridized carbons (Fsp3) is 0.562. The quantitative estimate of drug-likeness (QED) is 0.853. The van der Waals surface area contributed by atoms with Gasteiger partial charge in [0.2, 0.25) is 0 Å². The highest BCUT2D eigenvalue weighted by molar-refractivity contribution is 6.30. The number of methoxy groups -OCH3 is 1. The maximum atomic E-state index is 12.4. The summed E-state index contributed by atoms with van der Waals surface area (Å²) in [4.78, 5) is 12.4. The van der Waals surface area contributed by atoms with Crippen LogP contribution in [0.25, 0.3) is 0 Å². The van der Waals surface area contributed by atoms with Crippen LogP contribution < -0.4 is 5.32 Å². The number of hydrogen-bond donors (Lipinski definition) is 1. The van der Waals surface area contributed by atoms with Crippen LogP contribution in [0.15, 0.2) is 24.3 Å². The van der Waals surface area contributed by atoms with E-state index in [9.17, 15) is 4.79 Å². The maximum Gasteiger partial charge on any atom is 0.331 e. The first-order valence-corrected chi connectivity index (χ1v) is 7.29. The van der Waals surface area contributed by atoms with Gasteiger partial charge in [0.15, 0.2) is 0 Å². The van der Waals surface area contributed by atoms with Gasteiger partial charge in [-0.3, -0.25) is 0 Å². The minimum Gasteiger partial charge on any atom is -0.467 e. The van der Waals surface area contributed by atoms with E-state index in [0.29, 0.717) is 5.02 Å². The van der Waals surface area contributed by atoms with Crippen LogP contribution in [-0.4, -0.2) is 18.6 Å². The van der Waals surface area contributed by atoms with Crippen LogP contribution in [0.5, 0.6) is 0 Å². The lowest BCUT2D eigenvalue weighted by Crippen LogP contribution is -2.49. The highest BCUT2D eigenvalue weighted by Crippen LogP contribution is 2.49. The summed E-state index contributed by atoms with van der Waals surface area (Å²) in [6.07, 6.45) is 1.73. The van der Waals surface area contributed by atoms with Gasteiger partial charge in [0, 0.05) is 10.7 Å². The third-order valence-electron chi connectivity index (χ3n) is 4.20. The van der Waals surface area contributed by atoms with Gasteiger partial charge in [-0.15, -0.1) is 0 Å². The number of carbonyl (C=O) groups excluding carboxylic acids is 1. The van der Waals surface area contributed by atoms with Crippen LogP contribution >= 0.6 is 11.6 Å². The van der Waals surface area contributed by atoms with Crippen molar-refractivity contribution in [1.29, 1.82) is 0 Å². The fourth-order valence-electron chi connectivity index (χ4n) is 3.50. The van der Waals surface area contributed by atoms with Crippen molar-refractivity contribution in [3.63, 3.8) is 0 Å². The molecule has 2 atom stereocenters. The molecule has 110 valence electrons. The molecular weight excluding hydrogens is 274 g/mol. The number of hydrogen-bond acceptors (Lipinski definition) is 3. The Morgan fingerprint density at radius 1 is 1.45 bits per heavy atom. The first kappa shape index (κ1) is 15.2. The molecule has 1 saturated carbocycles. The van der Waals surface area contributed by atoms with Crippen molar-refractivity contribution < 1.29 is 9.53 Å². The lowest BCUT2D eigenvalue weighted by Gasteiger charge is -2.33. The van der Waals surface area contributed by atoms with Gasteiger partial charge in [-0.25, -0.2) is 4.79 Å². The molecule has 1 aromatic carbocycles. The predicted octanol–water partition coefficient (Wildman–Crippen LogP) is 4.12. The molecule has 0 radical (unpaired) electrons. The Bertz CT molecular complexity index is 515. The van der Waals surface area contributed by atoms with Crippen molar-refractivity contribution in [2.24, 2.45) is 11.3 Å². The average Bonchev–Trinajstić information content (AvgIpc) is 2.58. The summed E-state index contributed by atoms with van der Waals surface area (Å²) in [6.45, 7) is 6.48. The second-order valence-electron chi connectivity index (χ2n) is 6.54. The molecule has 1 aromatic rings. The Morgan fingerprint density at radius 3 is 2.65 bits per heavy atom. The van der Waals surface area contributed by atoms with E-state index in [-0.39, 0.29) is 17.3 Å². The highest BCUT2D eigenvalue weighted by atomic mass is 35.5. The molecule has 0 aromatic heterocycles. The van der Waals surface area contributed by atoms with Crippen LogP contribution in [0.3, 0.4) is 0 Å². The lowest BCUT2D eigenvalue weighted by atomic mass is 9.86. The molecule has 0 spiro atoms. The van der Waals surface area contributed by atoms with E-state index < -0.39 is 5.54 Å². The third kappa shape index (κ3) is 2.78. The van der Waals surface area contributed by atoms with Crippen molar-refractivity contribution in [1.82, 2.24) is 0 Å². The van der Waals surface area contributed by atoms with E-state index >= 15 is 0 Å². The molecule has 1 fully saturated rings. The summed E-state index contributed by atoms with van der Waals surface area (Å²) in [5.74, 6) is -0.000479. The number of rotatable bonds is 3. The molecule has 1 aliphatic carbocycles. The Labute approximate surface area is 125 Å². The molecule has 20 heavy (non-hydrogen) atoms. The lowest BCUT2D eigenvalue weighted by molar-refractivity contribution is -0.147. The first-order chi connectivity index (χ1) is 9.29. The van der Waals surface area contributed by atoms with Crippen molar-refractivity contribution in [2.75, 3.05) is 12.4 Å². The Kier molecular flexibility index (Phi) is 4.01. The van der Waals surface area contributed by atoms with Gasteiger partial charge in [-0.05, 0) is 42.4 Å². The van der Waals surface area contributed by atoms with Crippen molar-refractivity contribution >= 4 is 23.3 Å². The molecule has 0 amide bonds. The van der Waals surface area contributed by atoms with E-state index in [1.165, 1.54) is 7.11 Å². The zero-order valence-corrected chi connectivity index (χ0v) is 13.3. The molecule has 2 unspecified atom stereocenters. The minimum atomic E-state index is -0.678. The molecule has 3 nitrogen and oxygen atoms in total. The van der Waals surface area contributed by atoms with Crippen LogP contribution in [0.4, 0.5) is 5.69 Å². The molecular formula is C16H22ClNO2. The van der Waals surface area contributed by atoms with E-state index in [1.807, 2.05) is 24.3 Å². The van der Waals surface area contributed by atoms with E-state index in [0.717, 1.165) is 18.5 Å². The number of anilines is 1. The van der Waals surface area contributed by atoms with E-state index in [2.05, 4.69) is 26.1 Å². The Morgan fingerprint density at radius 2 is 2.15 bits per heavy atom. The average molecular weight is 296 g/mol. The normalized spacial score (nSPS) is 28.1. The number of nitrogens with one attached hydrogen (secondary N) is 1. The smallest absolute Gasteiger partial charge is 0.331 e. The standard InChI is InChI=1S/C16H22ClNO2/c1-11-9-15(2,3)10-16(11,14(19)20-4)18-13-7-5-6-12(17)8-13/h5-8,11,18H,9-10H2,1-4H3. The molecule has 0 bridgehead atoms. The molecule has 0 aliphatic heterocycles. The number of esters is 1. The number of benzene rings is 1. The number of carbonyl (C=O) groups is 1. The van der Waals surface area contributed by atoms with Gasteiger partial charge < -0.3 is 10.1 Å². The Hall–Kier alpha value is -1.22. The summed E-state index contributed by atoms with van der Waals surface area (Å²) in [5, 5.41) is 4.05. The van der Waals surface area contributed by atoms with E-state index in [4.69, 9.17) is 16.3 Å². The zero-order chi connectivity index (χ0) is 15.0. The van der Waals surface area contributed by atoms with Gasteiger partial charge in [0.25, 0.3) is 0 Å². The summed E-state index contributed by atoms with van der Waals surface area (Å²) >= 11 is 6.03. The summed E-state index contributed by atoms with van der Waals surface area (Å²) in [5.41, 5.74) is 0.287.